The molecule has 5 heteroatoms. The van der Waals surface area contributed by atoms with Crippen LogP contribution >= 0.6 is 11.6 Å². The van der Waals surface area contributed by atoms with E-state index in [1.165, 1.54) is 0 Å². The standard InChI is InChI=1S/C10H9ClN4/c11-8-4-2-1-3-7(8)9-5-6-10(13-12)15-14-9/h1-6H,12H2,(H,13,15). The largest absolute Gasteiger partial charge is 0.307 e. The monoisotopic (exact) mass is 220 g/mol. The van der Waals surface area contributed by atoms with Gasteiger partial charge < -0.3 is 5.43 Å². The first-order chi connectivity index (χ1) is 7.31. The highest BCUT2D eigenvalue weighted by molar-refractivity contribution is 6.33. The highest BCUT2D eigenvalue weighted by Gasteiger charge is 2.04. The molecule has 0 spiro atoms. The molecule has 1 aromatic carbocycles. The Labute approximate surface area is 92.1 Å². The van der Waals surface area contributed by atoms with Gasteiger partial charge in [0.25, 0.3) is 0 Å². The number of nitrogens with two attached hydrogens (primary N) is 1. The van der Waals surface area contributed by atoms with Crippen LogP contribution in [0.5, 0.6) is 0 Å². The molecule has 0 aliphatic carbocycles. The highest BCUT2D eigenvalue weighted by Crippen LogP contribution is 2.25. The van der Waals surface area contributed by atoms with E-state index in [9.17, 15) is 0 Å². The third-order valence-corrected chi connectivity index (χ3v) is 2.29. The van der Waals surface area contributed by atoms with Gasteiger partial charge in [0.05, 0.1) is 10.7 Å². The van der Waals surface area contributed by atoms with Gasteiger partial charge in [-0.2, -0.15) is 0 Å². The molecule has 0 amide bonds. The van der Waals surface area contributed by atoms with Gasteiger partial charge in [-0.15, -0.1) is 10.2 Å². The van der Waals surface area contributed by atoms with Crippen LogP contribution < -0.4 is 11.3 Å². The number of hydrogen-bond donors (Lipinski definition) is 2. The summed E-state index contributed by atoms with van der Waals surface area (Å²) >= 11 is 6.02. The quantitative estimate of drug-likeness (QED) is 0.601. The molecule has 76 valence electrons. The van der Waals surface area contributed by atoms with Gasteiger partial charge in [-0.25, -0.2) is 5.84 Å². The van der Waals surface area contributed by atoms with E-state index in [-0.39, 0.29) is 0 Å². The summed E-state index contributed by atoms with van der Waals surface area (Å²) in [6.45, 7) is 0. The average molecular weight is 221 g/mol. The third-order valence-electron chi connectivity index (χ3n) is 1.96. The van der Waals surface area contributed by atoms with Crippen LogP contribution in [0.1, 0.15) is 0 Å². The van der Waals surface area contributed by atoms with E-state index in [0.29, 0.717) is 10.8 Å². The summed E-state index contributed by atoms with van der Waals surface area (Å²) in [6.07, 6.45) is 0. The molecular formula is C10H9ClN4. The molecule has 3 N–H and O–H groups in total. The van der Waals surface area contributed by atoms with Crippen molar-refractivity contribution < 1.29 is 0 Å². The molecule has 0 saturated heterocycles. The van der Waals surface area contributed by atoms with Gasteiger partial charge in [-0.3, -0.25) is 0 Å². The fraction of sp³-hybridized carbons (Fsp3) is 0. The molecule has 0 aliphatic heterocycles. The Bertz CT molecular complexity index is 455. The zero-order valence-electron chi connectivity index (χ0n) is 7.81. The van der Waals surface area contributed by atoms with Crippen LogP contribution in [0.2, 0.25) is 5.02 Å². The summed E-state index contributed by atoms with van der Waals surface area (Å²) in [7, 11) is 0. The summed E-state index contributed by atoms with van der Waals surface area (Å²) in [4.78, 5) is 0. The molecule has 0 radical (unpaired) electrons. The minimum absolute atomic E-state index is 0.519. The zero-order valence-corrected chi connectivity index (χ0v) is 8.57. The van der Waals surface area contributed by atoms with Gasteiger partial charge in [0, 0.05) is 5.56 Å². The van der Waals surface area contributed by atoms with Crippen LogP contribution in [-0.2, 0) is 0 Å². The van der Waals surface area contributed by atoms with Crippen LogP contribution in [0.25, 0.3) is 11.3 Å². The summed E-state index contributed by atoms with van der Waals surface area (Å²) in [5.74, 6) is 5.71. The summed E-state index contributed by atoms with van der Waals surface area (Å²) < 4.78 is 0. The lowest BCUT2D eigenvalue weighted by Crippen LogP contribution is -2.09. The van der Waals surface area contributed by atoms with E-state index < -0.39 is 0 Å². The maximum Gasteiger partial charge on any atom is 0.162 e. The van der Waals surface area contributed by atoms with Crippen molar-refractivity contribution in [3.05, 3.63) is 41.4 Å². The van der Waals surface area contributed by atoms with Crippen LogP contribution in [0.4, 0.5) is 5.82 Å². The van der Waals surface area contributed by atoms with E-state index in [2.05, 4.69) is 15.6 Å². The lowest BCUT2D eigenvalue weighted by molar-refractivity contribution is 1.03. The third kappa shape index (κ3) is 2.06. The Morgan fingerprint density at radius 1 is 1.07 bits per heavy atom. The van der Waals surface area contributed by atoms with E-state index in [1.807, 2.05) is 30.3 Å². The summed E-state index contributed by atoms with van der Waals surface area (Å²) in [5.41, 5.74) is 3.99. The number of halogens is 1. The number of benzene rings is 1. The van der Waals surface area contributed by atoms with E-state index in [4.69, 9.17) is 17.4 Å². The maximum absolute atomic E-state index is 6.02. The summed E-state index contributed by atoms with van der Waals surface area (Å²) in [5, 5.41) is 8.53. The molecule has 2 rings (SSSR count). The van der Waals surface area contributed by atoms with Gasteiger partial charge in [-0.1, -0.05) is 29.8 Å². The maximum atomic E-state index is 6.02. The van der Waals surface area contributed by atoms with Gasteiger partial charge in [0.15, 0.2) is 5.82 Å². The van der Waals surface area contributed by atoms with Crippen molar-refractivity contribution in [2.24, 2.45) is 5.84 Å². The molecule has 0 unspecified atom stereocenters. The second-order valence-corrected chi connectivity index (χ2v) is 3.34. The first-order valence-electron chi connectivity index (χ1n) is 4.36. The molecule has 0 bridgehead atoms. The first kappa shape index (κ1) is 9.89. The van der Waals surface area contributed by atoms with E-state index in [0.717, 1.165) is 11.3 Å². The van der Waals surface area contributed by atoms with Crippen molar-refractivity contribution in [1.29, 1.82) is 0 Å². The molecule has 0 aliphatic rings. The van der Waals surface area contributed by atoms with Crippen molar-refractivity contribution in [2.75, 3.05) is 5.43 Å². The van der Waals surface area contributed by atoms with Crippen LogP contribution in [0, 0.1) is 0 Å². The lowest BCUT2D eigenvalue weighted by Gasteiger charge is -2.03. The fourth-order valence-electron chi connectivity index (χ4n) is 1.22. The number of nitrogens with zero attached hydrogens (tertiary/aromatic N) is 2. The van der Waals surface area contributed by atoms with Gasteiger partial charge in [0.1, 0.15) is 0 Å². The highest BCUT2D eigenvalue weighted by atomic mass is 35.5. The molecule has 15 heavy (non-hydrogen) atoms. The Hall–Kier alpha value is -1.65. The number of hydrogen-bond acceptors (Lipinski definition) is 4. The van der Waals surface area contributed by atoms with Crippen molar-refractivity contribution in [1.82, 2.24) is 10.2 Å². The molecule has 0 atom stereocenters. The van der Waals surface area contributed by atoms with Crippen molar-refractivity contribution in [2.45, 2.75) is 0 Å². The molecule has 1 heterocycles. The normalized spacial score (nSPS) is 10.0. The van der Waals surface area contributed by atoms with Crippen LogP contribution in [0.3, 0.4) is 0 Å². The molecular weight excluding hydrogens is 212 g/mol. The van der Waals surface area contributed by atoms with E-state index in [1.54, 1.807) is 6.07 Å². The van der Waals surface area contributed by atoms with Crippen molar-refractivity contribution in [3.63, 3.8) is 0 Å². The van der Waals surface area contributed by atoms with Crippen molar-refractivity contribution in [3.8, 4) is 11.3 Å². The lowest BCUT2D eigenvalue weighted by atomic mass is 10.1. The van der Waals surface area contributed by atoms with Gasteiger partial charge >= 0.3 is 0 Å². The Kier molecular flexibility index (Phi) is 2.80. The summed E-state index contributed by atoms with van der Waals surface area (Å²) in [6, 6.07) is 11.0. The number of nitrogens with one attached hydrogen (secondary N) is 1. The predicted octanol–water partition coefficient (Wildman–Crippen LogP) is 2.08. The second kappa shape index (κ2) is 4.25. The van der Waals surface area contributed by atoms with Crippen molar-refractivity contribution >= 4 is 17.4 Å². The molecule has 1 aromatic heterocycles. The second-order valence-electron chi connectivity index (χ2n) is 2.93. The first-order valence-corrected chi connectivity index (χ1v) is 4.74. The number of hydrazine groups is 1. The predicted molar refractivity (Wildman–Crippen MR) is 60.3 cm³/mol. The Morgan fingerprint density at radius 2 is 1.87 bits per heavy atom. The number of anilines is 1. The zero-order chi connectivity index (χ0) is 10.7. The number of nitrogen functional groups attached to an aromatic ring is 1. The van der Waals surface area contributed by atoms with E-state index >= 15 is 0 Å². The smallest absolute Gasteiger partial charge is 0.162 e. The minimum atomic E-state index is 0.519. The van der Waals surface area contributed by atoms with Crippen LogP contribution in [-0.4, -0.2) is 10.2 Å². The number of aromatic nitrogens is 2. The van der Waals surface area contributed by atoms with Crippen LogP contribution in [0.15, 0.2) is 36.4 Å². The topological polar surface area (TPSA) is 63.8 Å². The fourth-order valence-corrected chi connectivity index (χ4v) is 1.45. The average Bonchev–Trinajstić information content (AvgIpc) is 2.30. The molecule has 2 aromatic rings. The van der Waals surface area contributed by atoms with Gasteiger partial charge in [0.2, 0.25) is 0 Å². The Morgan fingerprint density at radius 3 is 2.47 bits per heavy atom. The molecule has 0 fully saturated rings. The van der Waals surface area contributed by atoms with Gasteiger partial charge in [-0.05, 0) is 18.2 Å². The number of rotatable bonds is 2. The Balaban J connectivity index is 2.42. The SMILES string of the molecule is NNc1ccc(-c2ccccc2Cl)nn1. The minimum Gasteiger partial charge on any atom is -0.307 e. The molecule has 4 nitrogen and oxygen atoms in total. The molecule has 0 saturated carbocycles.